The van der Waals surface area contributed by atoms with Crippen molar-refractivity contribution in [3.8, 4) is 5.88 Å². The number of rotatable bonds is 8. The number of hydrogen-bond donors (Lipinski definition) is 2. The number of aryl methyl sites for hydroxylation is 1. The zero-order chi connectivity index (χ0) is 13.4. The van der Waals surface area contributed by atoms with Gasteiger partial charge in [-0.25, -0.2) is 4.98 Å². The van der Waals surface area contributed by atoms with E-state index in [0.717, 1.165) is 32.6 Å². The molecule has 102 valence electrons. The lowest BCUT2D eigenvalue weighted by Gasteiger charge is -2.12. The molecule has 0 aliphatic rings. The van der Waals surface area contributed by atoms with E-state index in [1.54, 1.807) is 7.11 Å². The number of nitrogens with one attached hydrogen (secondary N) is 1. The highest BCUT2D eigenvalue weighted by Crippen LogP contribution is 2.25. The zero-order valence-electron chi connectivity index (χ0n) is 11.3. The molecule has 1 aromatic heterocycles. The van der Waals surface area contributed by atoms with Gasteiger partial charge in [-0.15, -0.1) is 0 Å². The summed E-state index contributed by atoms with van der Waals surface area (Å²) in [6.45, 7) is 6.20. The van der Waals surface area contributed by atoms with Crippen LogP contribution in [0.1, 0.15) is 26.1 Å². The summed E-state index contributed by atoms with van der Waals surface area (Å²) in [4.78, 5) is 8.55. The molecule has 0 aliphatic carbocycles. The summed E-state index contributed by atoms with van der Waals surface area (Å²) >= 11 is 0. The average molecular weight is 254 g/mol. The average Bonchev–Trinajstić information content (AvgIpc) is 2.40. The Morgan fingerprint density at radius 3 is 2.67 bits per heavy atom. The molecule has 0 aliphatic heterocycles. The number of methoxy groups -OCH3 is 1. The fraction of sp³-hybridized carbons (Fsp3) is 0.667. The van der Waals surface area contributed by atoms with Gasteiger partial charge in [-0.1, -0.05) is 6.92 Å². The molecular weight excluding hydrogens is 232 g/mol. The van der Waals surface area contributed by atoms with Crippen molar-refractivity contribution in [1.82, 2.24) is 9.97 Å². The molecule has 3 N–H and O–H groups in total. The smallest absolute Gasteiger partial charge is 0.242 e. The summed E-state index contributed by atoms with van der Waals surface area (Å²) in [5, 5.41) is 3.19. The molecule has 0 amide bonds. The molecule has 1 rings (SSSR count). The fourth-order valence-corrected chi connectivity index (χ4v) is 1.47. The second kappa shape index (κ2) is 7.71. The normalized spacial score (nSPS) is 10.4. The van der Waals surface area contributed by atoms with Crippen molar-refractivity contribution >= 4 is 11.5 Å². The number of ether oxygens (including phenoxy) is 2. The summed E-state index contributed by atoms with van der Waals surface area (Å²) < 4.78 is 10.4. The molecule has 0 saturated carbocycles. The maximum absolute atomic E-state index is 5.91. The molecule has 0 spiro atoms. The molecule has 0 bridgehead atoms. The first-order chi connectivity index (χ1) is 8.72. The summed E-state index contributed by atoms with van der Waals surface area (Å²) in [7, 11) is 1.55. The molecule has 6 nitrogen and oxygen atoms in total. The third-order valence-corrected chi connectivity index (χ3v) is 2.43. The van der Waals surface area contributed by atoms with E-state index >= 15 is 0 Å². The van der Waals surface area contributed by atoms with Gasteiger partial charge < -0.3 is 20.5 Å². The highest BCUT2D eigenvalue weighted by molar-refractivity contribution is 5.66. The predicted molar refractivity (Wildman–Crippen MR) is 72.0 cm³/mol. The largest absolute Gasteiger partial charge is 0.479 e. The Balaban J connectivity index is 2.63. The minimum atomic E-state index is 0.425. The maximum atomic E-state index is 5.91. The molecule has 18 heavy (non-hydrogen) atoms. The van der Waals surface area contributed by atoms with E-state index in [1.807, 2.05) is 13.8 Å². The lowest BCUT2D eigenvalue weighted by Crippen LogP contribution is -2.12. The number of anilines is 2. The van der Waals surface area contributed by atoms with Crippen LogP contribution in [0.3, 0.4) is 0 Å². The molecule has 1 heterocycles. The third-order valence-electron chi connectivity index (χ3n) is 2.43. The van der Waals surface area contributed by atoms with Gasteiger partial charge in [0.1, 0.15) is 11.5 Å². The molecule has 0 unspecified atom stereocenters. The van der Waals surface area contributed by atoms with E-state index in [2.05, 4.69) is 15.3 Å². The van der Waals surface area contributed by atoms with Gasteiger partial charge in [-0.3, -0.25) is 0 Å². The van der Waals surface area contributed by atoms with Crippen molar-refractivity contribution in [1.29, 1.82) is 0 Å². The first-order valence-corrected chi connectivity index (χ1v) is 6.24. The Morgan fingerprint density at radius 1 is 1.28 bits per heavy atom. The van der Waals surface area contributed by atoms with Crippen LogP contribution in [0.2, 0.25) is 0 Å². The number of nitrogen functional groups attached to an aromatic ring is 1. The van der Waals surface area contributed by atoms with E-state index in [-0.39, 0.29) is 0 Å². The van der Waals surface area contributed by atoms with Gasteiger partial charge >= 0.3 is 0 Å². The van der Waals surface area contributed by atoms with Crippen LogP contribution in [0, 0.1) is 0 Å². The Morgan fingerprint density at radius 2 is 2.06 bits per heavy atom. The molecule has 1 aromatic rings. The monoisotopic (exact) mass is 254 g/mol. The van der Waals surface area contributed by atoms with E-state index < -0.39 is 0 Å². The Bertz CT molecular complexity index is 371. The standard InChI is InChI=1S/C12H22N4O2/c1-4-9-15-11(10(13)12(16-9)17-3)14-7-6-8-18-5-2/h4-8,13H2,1-3H3,(H,14,15,16). The summed E-state index contributed by atoms with van der Waals surface area (Å²) in [6.07, 6.45) is 1.64. The first-order valence-electron chi connectivity index (χ1n) is 6.24. The molecular formula is C12H22N4O2. The van der Waals surface area contributed by atoms with E-state index in [1.165, 1.54) is 0 Å². The molecule has 6 heteroatoms. The SMILES string of the molecule is CCOCCCNc1nc(CC)nc(OC)c1N. The van der Waals surface area contributed by atoms with Crippen molar-refractivity contribution in [2.24, 2.45) is 0 Å². The summed E-state index contributed by atoms with van der Waals surface area (Å²) in [5.41, 5.74) is 6.36. The Labute approximate surface area is 108 Å². The van der Waals surface area contributed by atoms with Crippen LogP contribution in [0.25, 0.3) is 0 Å². The van der Waals surface area contributed by atoms with Gasteiger partial charge in [0.15, 0.2) is 5.82 Å². The second-order valence-electron chi connectivity index (χ2n) is 3.74. The van der Waals surface area contributed by atoms with Crippen LogP contribution in [-0.4, -0.2) is 36.8 Å². The van der Waals surface area contributed by atoms with Gasteiger partial charge in [0.05, 0.1) is 7.11 Å². The summed E-state index contributed by atoms with van der Waals surface area (Å²) in [6, 6.07) is 0. The van der Waals surface area contributed by atoms with Crippen LogP contribution in [-0.2, 0) is 11.2 Å². The quantitative estimate of drug-likeness (QED) is 0.684. The highest BCUT2D eigenvalue weighted by Gasteiger charge is 2.10. The lowest BCUT2D eigenvalue weighted by atomic mass is 10.3. The van der Waals surface area contributed by atoms with Gasteiger partial charge in [0, 0.05) is 26.2 Å². The number of hydrogen-bond acceptors (Lipinski definition) is 6. The fourth-order valence-electron chi connectivity index (χ4n) is 1.47. The van der Waals surface area contributed by atoms with Crippen molar-refractivity contribution in [2.45, 2.75) is 26.7 Å². The Kier molecular flexibility index (Phi) is 6.21. The molecule has 0 fully saturated rings. The number of aromatic nitrogens is 2. The van der Waals surface area contributed by atoms with Crippen LogP contribution in [0.15, 0.2) is 0 Å². The molecule has 0 aromatic carbocycles. The van der Waals surface area contributed by atoms with Gasteiger partial charge in [-0.05, 0) is 13.3 Å². The minimum absolute atomic E-state index is 0.425. The number of nitrogens with zero attached hydrogens (tertiary/aromatic N) is 2. The molecule has 0 radical (unpaired) electrons. The highest BCUT2D eigenvalue weighted by atomic mass is 16.5. The van der Waals surface area contributed by atoms with Gasteiger partial charge in [-0.2, -0.15) is 4.98 Å². The number of nitrogens with two attached hydrogens (primary N) is 1. The lowest BCUT2D eigenvalue weighted by molar-refractivity contribution is 0.147. The second-order valence-corrected chi connectivity index (χ2v) is 3.74. The first kappa shape index (κ1) is 14.5. The van der Waals surface area contributed by atoms with Crippen molar-refractivity contribution < 1.29 is 9.47 Å². The van der Waals surface area contributed by atoms with Gasteiger partial charge in [0.2, 0.25) is 5.88 Å². The van der Waals surface area contributed by atoms with Crippen molar-refractivity contribution in [3.05, 3.63) is 5.82 Å². The van der Waals surface area contributed by atoms with Gasteiger partial charge in [0.25, 0.3) is 0 Å². The maximum Gasteiger partial charge on any atom is 0.242 e. The van der Waals surface area contributed by atoms with Crippen molar-refractivity contribution in [2.75, 3.05) is 37.9 Å². The topological polar surface area (TPSA) is 82.3 Å². The van der Waals surface area contributed by atoms with E-state index in [4.69, 9.17) is 15.2 Å². The van der Waals surface area contributed by atoms with E-state index in [0.29, 0.717) is 23.2 Å². The summed E-state index contributed by atoms with van der Waals surface area (Å²) in [5.74, 6) is 1.78. The van der Waals surface area contributed by atoms with Crippen LogP contribution in [0.5, 0.6) is 5.88 Å². The van der Waals surface area contributed by atoms with Crippen LogP contribution in [0.4, 0.5) is 11.5 Å². The molecule has 0 atom stereocenters. The van der Waals surface area contributed by atoms with E-state index in [9.17, 15) is 0 Å². The van der Waals surface area contributed by atoms with Crippen LogP contribution >= 0.6 is 0 Å². The predicted octanol–water partition coefficient (Wildman–Crippen LogP) is 1.47. The van der Waals surface area contributed by atoms with Crippen LogP contribution < -0.4 is 15.8 Å². The minimum Gasteiger partial charge on any atom is -0.479 e. The zero-order valence-corrected chi connectivity index (χ0v) is 11.3. The molecule has 0 saturated heterocycles. The third kappa shape index (κ3) is 4.03. The Hall–Kier alpha value is -1.56. The van der Waals surface area contributed by atoms with Crippen molar-refractivity contribution in [3.63, 3.8) is 0 Å².